The summed E-state index contributed by atoms with van der Waals surface area (Å²) in [5.41, 5.74) is 9.11. The van der Waals surface area contributed by atoms with Crippen molar-refractivity contribution in [2.24, 2.45) is 5.73 Å². The SMILES string of the molecule is NCc1ccccc1-c1nc2c([nH]1)CCN[C@@H]2C(=O)O. The Kier molecular flexibility index (Phi) is 3.25. The van der Waals surface area contributed by atoms with E-state index in [0.717, 1.165) is 23.2 Å². The third-order valence-corrected chi connectivity index (χ3v) is 3.55. The molecule has 0 radical (unpaired) electrons. The Labute approximate surface area is 116 Å². The minimum atomic E-state index is -0.906. The van der Waals surface area contributed by atoms with Crippen molar-refractivity contribution in [3.05, 3.63) is 41.2 Å². The summed E-state index contributed by atoms with van der Waals surface area (Å²) in [5.74, 6) is -0.220. The second kappa shape index (κ2) is 5.07. The summed E-state index contributed by atoms with van der Waals surface area (Å²) in [6.07, 6.45) is 0.747. The molecular weight excluding hydrogens is 256 g/mol. The highest BCUT2D eigenvalue weighted by Gasteiger charge is 2.29. The molecule has 0 aliphatic carbocycles. The molecule has 6 nitrogen and oxygen atoms in total. The molecule has 104 valence electrons. The van der Waals surface area contributed by atoms with Crippen LogP contribution in [-0.2, 0) is 17.8 Å². The summed E-state index contributed by atoms with van der Waals surface area (Å²) in [6, 6.07) is 6.99. The normalized spacial score (nSPS) is 17.8. The number of aromatic nitrogens is 2. The highest BCUT2D eigenvalue weighted by atomic mass is 16.4. The van der Waals surface area contributed by atoms with Gasteiger partial charge >= 0.3 is 5.97 Å². The number of carbonyl (C=O) groups is 1. The summed E-state index contributed by atoms with van der Waals surface area (Å²) in [6.45, 7) is 1.05. The van der Waals surface area contributed by atoms with Crippen molar-refractivity contribution < 1.29 is 9.90 Å². The van der Waals surface area contributed by atoms with E-state index in [0.29, 0.717) is 24.6 Å². The highest BCUT2D eigenvalue weighted by molar-refractivity contribution is 5.76. The molecule has 6 heteroatoms. The number of fused-ring (bicyclic) bond motifs is 1. The number of nitrogens with one attached hydrogen (secondary N) is 2. The quantitative estimate of drug-likeness (QED) is 0.662. The number of hydrogen-bond acceptors (Lipinski definition) is 4. The molecule has 0 bridgehead atoms. The van der Waals surface area contributed by atoms with Crippen molar-refractivity contribution in [1.82, 2.24) is 15.3 Å². The topological polar surface area (TPSA) is 104 Å². The third-order valence-electron chi connectivity index (χ3n) is 3.55. The molecule has 0 amide bonds. The molecule has 1 aliphatic rings. The number of nitrogens with two attached hydrogens (primary N) is 1. The van der Waals surface area contributed by atoms with Gasteiger partial charge in [-0.15, -0.1) is 0 Å². The monoisotopic (exact) mass is 272 g/mol. The third kappa shape index (κ3) is 2.09. The van der Waals surface area contributed by atoms with Crippen LogP contribution in [0.4, 0.5) is 0 Å². The number of benzene rings is 1. The lowest BCUT2D eigenvalue weighted by atomic mass is 10.1. The minimum absolute atomic E-state index is 0.419. The first-order valence-electron chi connectivity index (χ1n) is 6.54. The number of nitrogens with zero attached hydrogens (tertiary/aromatic N) is 1. The number of carboxylic acid groups (broad SMARTS) is 1. The highest BCUT2D eigenvalue weighted by Crippen LogP contribution is 2.27. The van der Waals surface area contributed by atoms with Crippen LogP contribution >= 0.6 is 0 Å². The number of aliphatic carboxylic acids is 1. The number of rotatable bonds is 3. The van der Waals surface area contributed by atoms with Crippen LogP contribution in [-0.4, -0.2) is 27.6 Å². The Hall–Kier alpha value is -2.18. The molecule has 1 aromatic heterocycles. The maximum absolute atomic E-state index is 11.2. The lowest BCUT2D eigenvalue weighted by Crippen LogP contribution is -2.35. The van der Waals surface area contributed by atoms with Gasteiger partial charge in [-0.3, -0.25) is 10.1 Å². The maximum Gasteiger partial charge on any atom is 0.327 e. The molecule has 20 heavy (non-hydrogen) atoms. The predicted molar refractivity (Wildman–Crippen MR) is 74.0 cm³/mol. The molecule has 0 fully saturated rings. The molecular formula is C14H16N4O2. The predicted octanol–water partition coefficient (Wildman–Crippen LogP) is 0.807. The van der Waals surface area contributed by atoms with Crippen molar-refractivity contribution in [2.45, 2.75) is 19.0 Å². The molecule has 1 aliphatic heterocycles. The van der Waals surface area contributed by atoms with E-state index in [9.17, 15) is 9.90 Å². The first-order chi connectivity index (χ1) is 9.70. The van der Waals surface area contributed by atoms with Gasteiger partial charge in [0.15, 0.2) is 6.04 Å². The van der Waals surface area contributed by atoms with Crippen LogP contribution < -0.4 is 11.1 Å². The number of carboxylic acids is 1. The van der Waals surface area contributed by atoms with Gasteiger partial charge in [0, 0.05) is 30.8 Å². The van der Waals surface area contributed by atoms with Gasteiger partial charge in [0.05, 0.1) is 5.69 Å². The van der Waals surface area contributed by atoms with Crippen molar-refractivity contribution in [1.29, 1.82) is 0 Å². The lowest BCUT2D eigenvalue weighted by Gasteiger charge is -2.18. The second-order valence-corrected chi connectivity index (χ2v) is 4.79. The molecule has 1 atom stereocenters. The van der Waals surface area contributed by atoms with E-state index in [1.165, 1.54) is 0 Å². The van der Waals surface area contributed by atoms with Crippen LogP contribution in [0, 0.1) is 0 Å². The smallest absolute Gasteiger partial charge is 0.327 e. The van der Waals surface area contributed by atoms with Crippen molar-refractivity contribution in [3.8, 4) is 11.4 Å². The van der Waals surface area contributed by atoms with Crippen LogP contribution in [0.5, 0.6) is 0 Å². The van der Waals surface area contributed by atoms with Crippen molar-refractivity contribution in [3.63, 3.8) is 0 Å². The summed E-state index contributed by atoms with van der Waals surface area (Å²) >= 11 is 0. The summed E-state index contributed by atoms with van der Waals surface area (Å²) in [5, 5.41) is 12.2. The fourth-order valence-electron chi connectivity index (χ4n) is 2.55. The van der Waals surface area contributed by atoms with Crippen LogP contribution in [0.25, 0.3) is 11.4 Å². The van der Waals surface area contributed by atoms with Gasteiger partial charge in [0.2, 0.25) is 0 Å². The Morgan fingerprint density at radius 3 is 3.00 bits per heavy atom. The molecule has 0 spiro atoms. The molecule has 2 heterocycles. The standard InChI is InChI=1S/C14H16N4O2/c15-7-8-3-1-2-4-9(8)13-17-10-5-6-16-12(14(19)20)11(10)18-13/h1-4,12,16H,5-7,15H2,(H,17,18)(H,19,20)/t12-/m0/s1. The second-order valence-electron chi connectivity index (χ2n) is 4.79. The van der Waals surface area contributed by atoms with Crippen molar-refractivity contribution in [2.75, 3.05) is 6.54 Å². The van der Waals surface area contributed by atoms with Gasteiger partial charge in [0.25, 0.3) is 0 Å². The molecule has 2 aromatic rings. The number of hydrogen-bond donors (Lipinski definition) is 4. The van der Waals surface area contributed by atoms with Gasteiger partial charge in [-0.05, 0) is 5.56 Å². The first kappa shape index (κ1) is 12.8. The maximum atomic E-state index is 11.2. The van der Waals surface area contributed by atoms with Gasteiger partial charge < -0.3 is 15.8 Å². The van der Waals surface area contributed by atoms with Crippen LogP contribution in [0.2, 0.25) is 0 Å². The van der Waals surface area contributed by atoms with Gasteiger partial charge in [-0.25, -0.2) is 4.98 Å². The summed E-state index contributed by atoms with van der Waals surface area (Å²) < 4.78 is 0. The van der Waals surface area contributed by atoms with E-state index in [1.807, 2.05) is 24.3 Å². The van der Waals surface area contributed by atoms with E-state index in [1.54, 1.807) is 0 Å². The first-order valence-corrected chi connectivity index (χ1v) is 6.54. The van der Waals surface area contributed by atoms with Crippen LogP contribution in [0.3, 0.4) is 0 Å². The van der Waals surface area contributed by atoms with Gasteiger partial charge in [-0.2, -0.15) is 0 Å². The molecule has 0 saturated carbocycles. The van der Waals surface area contributed by atoms with E-state index >= 15 is 0 Å². The Morgan fingerprint density at radius 2 is 2.25 bits per heavy atom. The van der Waals surface area contributed by atoms with E-state index in [2.05, 4.69) is 15.3 Å². The summed E-state index contributed by atoms with van der Waals surface area (Å²) in [4.78, 5) is 19.0. The van der Waals surface area contributed by atoms with Gasteiger partial charge in [0.1, 0.15) is 5.82 Å². The average Bonchev–Trinajstić information content (AvgIpc) is 2.90. The van der Waals surface area contributed by atoms with E-state index in [4.69, 9.17) is 5.73 Å². The molecule has 1 aromatic carbocycles. The van der Waals surface area contributed by atoms with Crippen LogP contribution in [0.1, 0.15) is 23.0 Å². The lowest BCUT2D eigenvalue weighted by molar-refractivity contribution is -0.139. The zero-order valence-electron chi connectivity index (χ0n) is 10.9. The fourth-order valence-corrected chi connectivity index (χ4v) is 2.55. The largest absolute Gasteiger partial charge is 0.480 e. The van der Waals surface area contributed by atoms with E-state index < -0.39 is 12.0 Å². The molecule has 0 unspecified atom stereocenters. The zero-order chi connectivity index (χ0) is 14.1. The zero-order valence-corrected chi connectivity index (χ0v) is 10.9. The Balaban J connectivity index is 2.07. The van der Waals surface area contributed by atoms with Crippen molar-refractivity contribution >= 4 is 5.97 Å². The van der Waals surface area contributed by atoms with Crippen LogP contribution in [0.15, 0.2) is 24.3 Å². The van der Waals surface area contributed by atoms with E-state index in [-0.39, 0.29) is 0 Å². The number of aromatic amines is 1. The molecule has 0 saturated heterocycles. The molecule has 3 rings (SSSR count). The Bertz CT molecular complexity index is 650. The number of imidazole rings is 1. The Morgan fingerprint density at radius 1 is 1.45 bits per heavy atom. The molecule has 5 N–H and O–H groups in total. The van der Waals surface area contributed by atoms with Gasteiger partial charge in [-0.1, -0.05) is 24.3 Å². The average molecular weight is 272 g/mol. The fraction of sp³-hybridized carbons (Fsp3) is 0.286. The number of H-pyrrole nitrogens is 1. The minimum Gasteiger partial charge on any atom is -0.480 e. The summed E-state index contributed by atoms with van der Waals surface area (Å²) in [7, 11) is 0.